The van der Waals surface area contributed by atoms with Crippen LogP contribution in [0.15, 0.2) is 16.7 Å². The van der Waals surface area contributed by atoms with Crippen molar-refractivity contribution in [3.05, 3.63) is 26.9 Å². The molecule has 18 heavy (non-hydrogen) atoms. The van der Waals surface area contributed by atoms with Gasteiger partial charge in [-0.3, -0.25) is 10.1 Å². The molecule has 1 atom stereocenters. The van der Waals surface area contributed by atoms with Crippen LogP contribution in [0.25, 0.3) is 0 Å². The molecule has 1 saturated heterocycles. The van der Waals surface area contributed by atoms with Gasteiger partial charge in [-0.2, -0.15) is 0 Å². The zero-order chi connectivity index (χ0) is 13.0. The molecule has 1 aromatic rings. The van der Waals surface area contributed by atoms with Crippen molar-refractivity contribution in [3.8, 4) is 0 Å². The number of nitrogens with one attached hydrogen (secondary N) is 1. The minimum atomic E-state index is -0.438. The number of hydrogen-bond acceptors (Lipinski definition) is 5. The van der Waals surface area contributed by atoms with Gasteiger partial charge in [0.2, 0.25) is 5.82 Å². The molecule has 1 N–H and O–H groups in total. The summed E-state index contributed by atoms with van der Waals surface area (Å²) in [5.41, 5.74) is -0.0169. The summed E-state index contributed by atoms with van der Waals surface area (Å²) in [4.78, 5) is 14.5. The van der Waals surface area contributed by atoms with Crippen molar-refractivity contribution in [2.75, 3.05) is 18.5 Å². The number of pyridine rings is 1. The maximum atomic E-state index is 10.9. The van der Waals surface area contributed by atoms with Crippen LogP contribution in [-0.4, -0.2) is 29.2 Å². The van der Waals surface area contributed by atoms with Crippen LogP contribution in [0.1, 0.15) is 19.3 Å². The van der Waals surface area contributed by atoms with Crippen molar-refractivity contribution in [2.24, 2.45) is 0 Å². The van der Waals surface area contributed by atoms with Gasteiger partial charge in [0.25, 0.3) is 0 Å². The molecular formula is C11H14BrN3O3. The second-order valence-corrected chi connectivity index (χ2v) is 5.04. The van der Waals surface area contributed by atoms with Crippen molar-refractivity contribution in [2.45, 2.75) is 25.4 Å². The SMILES string of the molecule is O=[N+]([O-])c1cc(Br)cnc1NCCC1CCCO1. The number of halogens is 1. The fourth-order valence-electron chi connectivity index (χ4n) is 1.93. The maximum Gasteiger partial charge on any atom is 0.312 e. The molecule has 0 radical (unpaired) electrons. The van der Waals surface area contributed by atoms with Crippen molar-refractivity contribution < 1.29 is 9.66 Å². The lowest BCUT2D eigenvalue weighted by Crippen LogP contribution is -2.13. The van der Waals surface area contributed by atoms with Crippen LogP contribution in [-0.2, 0) is 4.74 Å². The lowest BCUT2D eigenvalue weighted by molar-refractivity contribution is -0.384. The van der Waals surface area contributed by atoms with E-state index < -0.39 is 4.92 Å². The maximum absolute atomic E-state index is 10.9. The van der Waals surface area contributed by atoms with Gasteiger partial charge in [-0.1, -0.05) is 0 Å². The van der Waals surface area contributed by atoms with Crippen molar-refractivity contribution in [1.29, 1.82) is 0 Å². The highest BCUT2D eigenvalue weighted by atomic mass is 79.9. The second kappa shape index (κ2) is 6.10. The highest BCUT2D eigenvalue weighted by Gasteiger charge is 2.18. The fraction of sp³-hybridized carbons (Fsp3) is 0.545. The molecule has 2 rings (SSSR count). The van der Waals surface area contributed by atoms with E-state index in [0.29, 0.717) is 16.8 Å². The fourth-order valence-corrected chi connectivity index (χ4v) is 2.25. The first-order chi connectivity index (χ1) is 8.66. The molecule has 0 spiro atoms. The third-order valence-electron chi connectivity index (χ3n) is 2.81. The summed E-state index contributed by atoms with van der Waals surface area (Å²) in [7, 11) is 0. The average molecular weight is 316 g/mol. The molecule has 1 aromatic heterocycles. The van der Waals surface area contributed by atoms with Gasteiger partial charge in [0, 0.05) is 29.9 Å². The third kappa shape index (κ3) is 3.39. The van der Waals surface area contributed by atoms with E-state index >= 15 is 0 Å². The number of rotatable bonds is 5. The van der Waals surface area contributed by atoms with Crippen LogP contribution in [0.4, 0.5) is 11.5 Å². The number of ether oxygens (including phenoxy) is 1. The Morgan fingerprint density at radius 3 is 3.17 bits per heavy atom. The van der Waals surface area contributed by atoms with Crippen LogP contribution < -0.4 is 5.32 Å². The highest BCUT2D eigenvalue weighted by molar-refractivity contribution is 9.10. The lowest BCUT2D eigenvalue weighted by Gasteiger charge is -2.10. The second-order valence-electron chi connectivity index (χ2n) is 4.13. The number of anilines is 1. The Morgan fingerprint density at radius 1 is 1.67 bits per heavy atom. The Labute approximate surface area is 113 Å². The van der Waals surface area contributed by atoms with Crippen molar-refractivity contribution in [3.63, 3.8) is 0 Å². The summed E-state index contributed by atoms with van der Waals surface area (Å²) in [5, 5.41) is 13.9. The van der Waals surface area contributed by atoms with Gasteiger partial charge in [-0.05, 0) is 35.2 Å². The molecule has 0 aliphatic carbocycles. The first kappa shape index (κ1) is 13.2. The average Bonchev–Trinajstić information content (AvgIpc) is 2.84. The Morgan fingerprint density at radius 2 is 2.50 bits per heavy atom. The van der Waals surface area contributed by atoms with E-state index in [0.717, 1.165) is 25.9 Å². The molecule has 2 heterocycles. The van der Waals surface area contributed by atoms with Crippen molar-refractivity contribution >= 4 is 27.4 Å². The molecule has 1 unspecified atom stereocenters. The van der Waals surface area contributed by atoms with Gasteiger partial charge in [0.05, 0.1) is 11.0 Å². The highest BCUT2D eigenvalue weighted by Crippen LogP contribution is 2.25. The van der Waals surface area contributed by atoms with Gasteiger partial charge in [0.15, 0.2) is 0 Å². The topological polar surface area (TPSA) is 77.3 Å². The van der Waals surface area contributed by atoms with Gasteiger partial charge in [-0.25, -0.2) is 4.98 Å². The summed E-state index contributed by atoms with van der Waals surface area (Å²) >= 11 is 3.17. The molecular weight excluding hydrogens is 302 g/mol. The van der Waals surface area contributed by atoms with E-state index in [-0.39, 0.29) is 11.8 Å². The number of nitrogens with zero attached hydrogens (tertiary/aromatic N) is 2. The lowest BCUT2D eigenvalue weighted by atomic mass is 10.2. The third-order valence-corrected chi connectivity index (χ3v) is 3.25. The summed E-state index contributed by atoms with van der Waals surface area (Å²) in [6.45, 7) is 1.45. The molecule has 1 aliphatic heterocycles. The summed E-state index contributed by atoms with van der Waals surface area (Å²) < 4.78 is 6.08. The molecule has 0 saturated carbocycles. The predicted octanol–water partition coefficient (Wildman–Crippen LogP) is 2.73. The molecule has 6 nitrogen and oxygen atoms in total. The van der Waals surface area contributed by atoms with Crippen LogP contribution in [0, 0.1) is 10.1 Å². The van der Waals surface area contributed by atoms with Crippen LogP contribution in [0.5, 0.6) is 0 Å². The number of aromatic nitrogens is 1. The van der Waals surface area contributed by atoms with E-state index in [9.17, 15) is 10.1 Å². The van der Waals surface area contributed by atoms with Crippen LogP contribution in [0.3, 0.4) is 0 Å². The predicted molar refractivity (Wildman–Crippen MR) is 70.7 cm³/mol. The Kier molecular flexibility index (Phi) is 4.48. The summed E-state index contributed by atoms with van der Waals surface area (Å²) in [5.74, 6) is 0.307. The van der Waals surface area contributed by atoms with Gasteiger partial charge in [0.1, 0.15) is 0 Å². The normalized spacial score (nSPS) is 18.8. The zero-order valence-corrected chi connectivity index (χ0v) is 11.4. The largest absolute Gasteiger partial charge is 0.378 e. The number of hydrogen-bond donors (Lipinski definition) is 1. The van der Waals surface area contributed by atoms with E-state index in [1.807, 2.05) is 0 Å². The quantitative estimate of drug-likeness (QED) is 0.667. The Bertz CT molecular complexity index is 436. The standard InChI is InChI=1S/C11H14BrN3O3/c12-8-6-10(15(16)17)11(14-7-8)13-4-3-9-2-1-5-18-9/h6-7,9H,1-5H2,(H,13,14). The first-order valence-corrected chi connectivity index (χ1v) is 6.61. The first-order valence-electron chi connectivity index (χ1n) is 5.82. The molecule has 7 heteroatoms. The van der Waals surface area contributed by atoms with Gasteiger partial charge >= 0.3 is 5.69 Å². The van der Waals surface area contributed by atoms with E-state index in [4.69, 9.17) is 4.74 Å². The van der Waals surface area contributed by atoms with E-state index in [2.05, 4.69) is 26.2 Å². The minimum Gasteiger partial charge on any atom is -0.378 e. The monoisotopic (exact) mass is 315 g/mol. The van der Waals surface area contributed by atoms with E-state index in [1.165, 1.54) is 6.07 Å². The molecule has 0 bridgehead atoms. The van der Waals surface area contributed by atoms with Gasteiger partial charge < -0.3 is 10.1 Å². The van der Waals surface area contributed by atoms with Crippen LogP contribution >= 0.6 is 15.9 Å². The molecule has 1 fully saturated rings. The minimum absolute atomic E-state index is 0.0169. The zero-order valence-electron chi connectivity index (χ0n) is 9.76. The molecule has 0 aromatic carbocycles. The summed E-state index contributed by atoms with van der Waals surface area (Å²) in [6.07, 6.45) is 4.82. The van der Waals surface area contributed by atoms with Crippen LogP contribution in [0.2, 0.25) is 0 Å². The Balaban J connectivity index is 1.93. The smallest absolute Gasteiger partial charge is 0.312 e. The van der Waals surface area contributed by atoms with E-state index in [1.54, 1.807) is 6.20 Å². The Hall–Kier alpha value is -1.21. The molecule has 98 valence electrons. The summed E-state index contributed by atoms with van der Waals surface area (Å²) in [6, 6.07) is 1.45. The number of nitro groups is 1. The van der Waals surface area contributed by atoms with Crippen molar-refractivity contribution in [1.82, 2.24) is 4.98 Å². The molecule has 0 amide bonds. The molecule has 1 aliphatic rings. The van der Waals surface area contributed by atoms with Gasteiger partial charge in [-0.15, -0.1) is 0 Å².